The van der Waals surface area contributed by atoms with Crippen molar-refractivity contribution in [2.45, 2.75) is 59.8 Å². The molecule has 1 unspecified atom stereocenters. The number of allylic oxidation sites excluding steroid dienone is 5. The number of hydrogen-bond acceptors (Lipinski definition) is 2. The third kappa shape index (κ3) is 11.1. The Bertz CT molecular complexity index is 551. The highest BCUT2D eigenvalue weighted by molar-refractivity contribution is 7.77. The van der Waals surface area contributed by atoms with Crippen LogP contribution in [-0.4, -0.2) is 19.6 Å². The standard InChI is InChI=1S/C16H30O6P2/c1-13(2)7-5-8-14(3)9-6-10-15(4)11-12-16(23(17,18)19)24(20,21)22/h7,9,12,15H,5-6,8,10-11H2,1-4H3,(H2,17,18,19)(H2,20,21,22). The fraction of sp³-hybridized carbons (Fsp3) is 0.625. The third-order valence-electron chi connectivity index (χ3n) is 3.54. The third-order valence-corrected chi connectivity index (χ3v) is 6.67. The van der Waals surface area contributed by atoms with Crippen LogP contribution in [0.4, 0.5) is 0 Å². The summed E-state index contributed by atoms with van der Waals surface area (Å²) >= 11 is 0. The van der Waals surface area contributed by atoms with Crippen molar-refractivity contribution in [3.63, 3.8) is 0 Å². The van der Waals surface area contributed by atoms with Crippen molar-refractivity contribution >= 4 is 15.2 Å². The van der Waals surface area contributed by atoms with Gasteiger partial charge in [-0.05, 0) is 58.8 Å². The number of rotatable bonds is 10. The Morgan fingerprint density at radius 3 is 1.92 bits per heavy atom. The second kappa shape index (κ2) is 10.5. The topological polar surface area (TPSA) is 115 Å². The molecule has 0 spiro atoms. The molecule has 0 aliphatic heterocycles. The summed E-state index contributed by atoms with van der Waals surface area (Å²) < 4.78 is 22.3. The van der Waals surface area contributed by atoms with E-state index in [-0.39, 0.29) is 12.3 Å². The van der Waals surface area contributed by atoms with Gasteiger partial charge in [0.1, 0.15) is 5.06 Å². The molecule has 140 valence electrons. The first-order valence-corrected chi connectivity index (χ1v) is 11.2. The molecule has 4 N–H and O–H groups in total. The molecule has 0 aromatic rings. The highest BCUT2D eigenvalue weighted by Gasteiger charge is 2.35. The van der Waals surface area contributed by atoms with Crippen LogP contribution in [0.15, 0.2) is 34.4 Å². The molecular formula is C16H30O6P2. The van der Waals surface area contributed by atoms with Crippen LogP contribution in [0, 0.1) is 5.92 Å². The van der Waals surface area contributed by atoms with Crippen LogP contribution in [-0.2, 0) is 9.13 Å². The molecule has 0 saturated heterocycles. The van der Waals surface area contributed by atoms with Crippen LogP contribution in [0.5, 0.6) is 0 Å². The van der Waals surface area contributed by atoms with Crippen molar-refractivity contribution < 1.29 is 28.7 Å². The van der Waals surface area contributed by atoms with Gasteiger partial charge in [0.2, 0.25) is 0 Å². The van der Waals surface area contributed by atoms with Crippen molar-refractivity contribution in [1.29, 1.82) is 0 Å². The summed E-state index contributed by atoms with van der Waals surface area (Å²) in [4.78, 5) is 36.1. The fourth-order valence-electron chi connectivity index (χ4n) is 2.14. The predicted octanol–water partition coefficient (Wildman–Crippen LogP) is 4.68. The highest BCUT2D eigenvalue weighted by atomic mass is 31.2. The van der Waals surface area contributed by atoms with Crippen molar-refractivity contribution in [2.75, 3.05) is 0 Å². The molecule has 0 fully saturated rings. The first-order chi connectivity index (χ1) is 10.8. The van der Waals surface area contributed by atoms with E-state index in [2.05, 4.69) is 32.9 Å². The van der Waals surface area contributed by atoms with Crippen molar-refractivity contribution in [1.82, 2.24) is 0 Å². The van der Waals surface area contributed by atoms with Gasteiger partial charge in [-0.25, -0.2) is 0 Å². The van der Waals surface area contributed by atoms with E-state index in [1.807, 2.05) is 6.92 Å². The average molecular weight is 380 g/mol. The van der Waals surface area contributed by atoms with E-state index >= 15 is 0 Å². The molecule has 0 bridgehead atoms. The first-order valence-electron chi connectivity index (χ1n) is 7.95. The zero-order valence-electron chi connectivity index (χ0n) is 14.8. The summed E-state index contributed by atoms with van der Waals surface area (Å²) in [5.74, 6) is 0.0694. The molecule has 0 rings (SSSR count). The monoisotopic (exact) mass is 380 g/mol. The molecule has 1 atom stereocenters. The van der Waals surface area contributed by atoms with Crippen LogP contribution in [0.2, 0.25) is 0 Å². The van der Waals surface area contributed by atoms with Gasteiger partial charge in [0, 0.05) is 0 Å². The van der Waals surface area contributed by atoms with E-state index < -0.39 is 20.2 Å². The normalized spacial score (nSPS) is 14.2. The van der Waals surface area contributed by atoms with Crippen molar-refractivity contribution in [3.05, 3.63) is 34.4 Å². The minimum Gasteiger partial charge on any atom is -0.321 e. The minimum atomic E-state index is -4.94. The van der Waals surface area contributed by atoms with Crippen molar-refractivity contribution in [3.8, 4) is 0 Å². The smallest absolute Gasteiger partial charge is 0.321 e. The lowest BCUT2D eigenvalue weighted by Gasteiger charge is -2.13. The van der Waals surface area contributed by atoms with Crippen LogP contribution < -0.4 is 0 Å². The lowest BCUT2D eigenvalue weighted by molar-refractivity contribution is 0.367. The molecule has 6 nitrogen and oxygen atoms in total. The van der Waals surface area contributed by atoms with E-state index in [0.717, 1.165) is 31.8 Å². The van der Waals surface area contributed by atoms with E-state index in [0.29, 0.717) is 0 Å². The maximum Gasteiger partial charge on any atom is 0.364 e. The van der Waals surface area contributed by atoms with E-state index in [1.54, 1.807) is 0 Å². The van der Waals surface area contributed by atoms with Crippen molar-refractivity contribution in [2.24, 2.45) is 5.92 Å². The van der Waals surface area contributed by atoms with Gasteiger partial charge in [0.05, 0.1) is 0 Å². The zero-order valence-corrected chi connectivity index (χ0v) is 16.6. The Balaban J connectivity index is 4.51. The van der Waals surface area contributed by atoms with Crippen LogP contribution in [0.1, 0.15) is 59.8 Å². The van der Waals surface area contributed by atoms with Gasteiger partial charge >= 0.3 is 15.2 Å². The van der Waals surface area contributed by atoms with Crippen LogP contribution >= 0.6 is 15.2 Å². The maximum absolute atomic E-state index is 11.2. The molecule has 0 radical (unpaired) electrons. The molecule has 0 amide bonds. The Morgan fingerprint density at radius 1 is 0.917 bits per heavy atom. The first kappa shape index (κ1) is 23.5. The molecular weight excluding hydrogens is 350 g/mol. The molecule has 0 aromatic carbocycles. The molecule has 24 heavy (non-hydrogen) atoms. The fourth-order valence-corrected chi connectivity index (χ4v) is 4.18. The quantitative estimate of drug-likeness (QED) is 0.323. The summed E-state index contributed by atoms with van der Waals surface area (Å²) in [5, 5.41) is -1.07. The van der Waals surface area contributed by atoms with Gasteiger partial charge in [0.25, 0.3) is 0 Å². The molecule has 0 saturated carbocycles. The molecule has 0 aliphatic rings. The summed E-state index contributed by atoms with van der Waals surface area (Å²) in [6.45, 7) is 8.10. The predicted molar refractivity (Wildman–Crippen MR) is 97.6 cm³/mol. The van der Waals surface area contributed by atoms with Crippen LogP contribution in [0.25, 0.3) is 0 Å². The lowest BCUT2D eigenvalue weighted by atomic mass is 10.0. The average Bonchev–Trinajstić information content (AvgIpc) is 2.34. The molecule has 0 heterocycles. The lowest BCUT2D eigenvalue weighted by Crippen LogP contribution is -1.95. The largest absolute Gasteiger partial charge is 0.364 e. The highest BCUT2D eigenvalue weighted by Crippen LogP contribution is 2.64. The van der Waals surface area contributed by atoms with E-state index in [4.69, 9.17) is 19.6 Å². The second-order valence-corrected chi connectivity index (χ2v) is 9.93. The van der Waals surface area contributed by atoms with Gasteiger partial charge in [-0.3, -0.25) is 9.13 Å². The SMILES string of the molecule is CC(C)=CCCC(C)=CCCC(C)CC=C(P(=O)(O)O)P(=O)(O)O. The second-order valence-electron chi connectivity index (χ2n) is 6.44. The van der Waals surface area contributed by atoms with Gasteiger partial charge in [-0.15, -0.1) is 0 Å². The Morgan fingerprint density at radius 2 is 1.46 bits per heavy atom. The molecule has 8 heteroatoms. The van der Waals surface area contributed by atoms with E-state index in [1.165, 1.54) is 11.1 Å². The van der Waals surface area contributed by atoms with Gasteiger partial charge in [-0.1, -0.05) is 36.3 Å². The zero-order chi connectivity index (χ0) is 19.0. The summed E-state index contributed by atoms with van der Waals surface area (Å²) in [6, 6.07) is 0. The minimum absolute atomic E-state index is 0.0694. The Kier molecular flexibility index (Phi) is 10.3. The van der Waals surface area contributed by atoms with Gasteiger partial charge in [-0.2, -0.15) is 0 Å². The molecule has 0 aromatic heterocycles. The maximum atomic E-state index is 11.2. The Labute approximate surface area is 144 Å². The molecule has 0 aliphatic carbocycles. The van der Waals surface area contributed by atoms with Crippen LogP contribution in [0.3, 0.4) is 0 Å². The summed E-state index contributed by atoms with van der Waals surface area (Å²) in [7, 11) is -9.87. The van der Waals surface area contributed by atoms with E-state index in [9.17, 15) is 9.13 Å². The Hall–Kier alpha value is -0.480. The van der Waals surface area contributed by atoms with Gasteiger partial charge in [0.15, 0.2) is 0 Å². The summed E-state index contributed by atoms with van der Waals surface area (Å²) in [5.41, 5.74) is 2.59. The van der Waals surface area contributed by atoms with Gasteiger partial charge < -0.3 is 19.6 Å². The number of hydrogen-bond donors (Lipinski definition) is 4. The summed E-state index contributed by atoms with van der Waals surface area (Å²) in [6.07, 6.45) is 9.18.